The van der Waals surface area contributed by atoms with E-state index in [4.69, 9.17) is 4.74 Å². The molecule has 5 aromatic rings. The fourth-order valence-corrected chi connectivity index (χ4v) is 4.52. The summed E-state index contributed by atoms with van der Waals surface area (Å²) in [5, 5.41) is 7.53. The molecule has 0 aliphatic heterocycles. The molecule has 5 rings (SSSR count). The van der Waals surface area contributed by atoms with Gasteiger partial charge < -0.3 is 20.4 Å². The van der Waals surface area contributed by atoms with Crippen molar-refractivity contribution in [2.24, 2.45) is 0 Å². The Morgan fingerprint density at radius 3 is 2.35 bits per heavy atom. The quantitative estimate of drug-likeness (QED) is 0.177. The average Bonchev–Trinajstić information content (AvgIpc) is 3.36. The Labute approximate surface area is 230 Å². The van der Waals surface area contributed by atoms with Crippen LogP contribution in [0.15, 0.2) is 97.2 Å². The summed E-state index contributed by atoms with van der Waals surface area (Å²) in [4.78, 5) is 16.4. The molecule has 1 amide bonds. The molecule has 0 radical (unpaired) electrons. The number of hydrogen-bond acceptors (Lipinski definition) is 3. The number of amides is 1. The number of aromatic nitrogens is 1. The zero-order valence-electron chi connectivity index (χ0n) is 21.8. The molecule has 1 heterocycles. The minimum atomic E-state index is -4.40. The summed E-state index contributed by atoms with van der Waals surface area (Å²) in [7, 11) is 0. The lowest BCUT2D eigenvalue weighted by Crippen LogP contribution is -2.14. The summed E-state index contributed by atoms with van der Waals surface area (Å²) in [5.41, 5.74) is 4.87. The number of ether oxygens (including phenoxy) is 1. The summed E-state index contributed by atoms with van der Waals surface area (Å²) in [5.74, 6) is 0.0432. The highest BCUT2D eigenvalue weighted by molar-refractivity contribution is 6.06. The standard InChI is InChI=1S/C32H28F3N3O2/c1-21-5-4-7-28(30(21)40-20-22-9-11-24(12-10-22)32(33,34)35)31(39)38-26-15-13-25(14-16-26)36-18-17-23-19-37-29-8-3-2-6-27(23)29/h2-16,19,36-37H,17-18,20H2,1H3,(H,38,39). The van der Waals surface area contributed by atoms with Crippen LogP contribution < -0.4 is 15.4 Å². The van der Waals surface area contributed by atoms with Gasteiger partial charge >= 0.3 is 6.18 Å². The second kappa shape index (κ2) is 11.6. The molecular weight excluding hydrogens is 515 g/mol. The van der Waals surface area contributed by atoms with Gasteiger partial charge in [0.2, 0.25) is 0 Å². The number of aromatic amines is 1. The number of alkyl halides is 3. The molecule has 0 saturated heterocycles. The maximum atomic E-state index is 13.1. The summed E-state index contributed by atoms with van der Waals surface area (Å²) in [6.07, 6.45) is -1.49. The van der Waals surface area contributed by atoms with Crippen LogP contribution in [0, 0.1) is 6.92 Å². The number of nitrogens with one attached hydrogen (secondary N) is 3. The fraction of sp³-hybridized carbons (Fsp3) is 0.156. The predicted molar refractivity (Wildman–Crippen MR) is 152 cm³/mol. The van der Waals surface area contributed by atoms with Gasteiger partial charge in [0.15, 0.2) is 0 Å². The molecule has 0 atom stereocenters. The number of halogens is 3. The monoisotopic (exact) mass is 543 g/mol. The zero-order chi connectivity index (χ0) is 28.1. The highest BCUT2D eigenvalue weighted by Gasteiger charge is 2.30. The first-order chi connectivity index (χ1) is 19.3. The molecule has 1 aromatic heterocycles. The molecule has 5 nitrogen and oxygen atoms in total. The van der Waals surface area contributed by atoms with Crippen LogP contribution in [0.5, 0.6) is 5.75 Å². The Bertz CT molecular complexity index is 1610. The largest absolute Gasteiger partial charge is 0.488 e. The summed E-state index contributed by atoms with van der Waals surface area (Å²) in [6, 6.07) is 25.7. The third-order valence-corrected chi connectivity index (χ3v) is 6.66. The first-order valence-corrected chi connectivity index (χ1v) is 12.9. The van der Waals surface area contributed by atoms with E-state index in [1.54, 1.807) is 12.1 Å². The van der Waals surface area contributed by atoms with E-state index in [0.29, 0.717) is 22.6 Å². The number of H-pyrrole nitrogens is 1. The number of carbonyl (C=O) groups is 1. The van der Waals surface area contributed by atoms with E-state index >= 15 is 0 Å². The van der Waals surface area contributed by atoms with Gasteiger partial charge in [-0.25, -0.2) is 0 Å². The van der Waals surface area contributed by atoms with Gasteiger partial charge in [-0.2, -0.15) is 13.2 Å². The Morgan fingerprint density at radius 1 is 0.875 bits per heavy atom. The number of rotatable bonds is 9. The van der Waals surface area contributed by atoms with Crippen LogP contribution in [0.4, 0.5) is 24.5 Å². The zero-order valence-corrected chi connectivity index (χ0v) is 21.8. The number of aryl methyl sites for hydroxylation is 1. The maximum Gasteiger partial charge on any atom is 0.416 e. The summed E-state index contributed by atoms with van der Waals surface area (Å²) < 4.78 is 44.4. The Balaban J connectivity index is 1.18. The third-order valence-electron chi connectivity index (χ3n) is 6.66. The molecule has 0 bridgehead atoms. The SMILES string of the molecule is Cc1cccc(C(=O)Nc2ccc(NCCc3c[nH]c4ccccc34)cc2)c1OCc1ccc(C(F)(F)F)cc1. The van der Waals surface area contributed by atoms with E-state index in [-0.39, 0.29) is 12.5 Å². The number of anilines is 2. The number of fused-ring (bicyclic) bond motifs is 1. The highest BCUT2D eigenvalue weighted by Crippen LogP contribution is 2.30. The smallest absolute Gasteiger partial charge is 0.416 e. The molecule has 0 aliphatic rings. The van der Waals surface area contributed by atoms with Crippen molar-refractivity contribution >= 4 is 28.2 Å². The molecule has 0 aliphatic carbocycles. The van der Waals surface area contributed by atoms with Crippen LogP contribution in [0.1, 0.15) is 32.6 Å². The van der Waals surface area contributed by atoms with E-state index in [9.17, 15) is 18.0 Å². The van der Waals surface area contributed by atoms with E-state index in [2.05, 4.69) is 27.8 Å². The van der Waals surface area contributed by atoms with Crippen LogP contribution in [-0.2, 0) is 19.2 Å². The second-order valence-corrected chi connectivity index (χ2v) is 9.50. The van der Waals surface area contributed by atoms with Crippen molar-refractivity contribution < 1.29 is 22.7 Å². The van der Waals surface area contributed by atoms with Crippen molar-refractivity contribution in [1.82, 2.24) is 4.98 Å². The van der Waals surface area contributed by atoms with Crippen molar-refractivity contribution in [2.75, 3.05) is 17.2 Å². The van der Waals surface area contributed by atoms with Crippen LogP contribution in [-0.4, -0.2) is 17.4 Å². The first-order valence-electron chi connectivity index (χ1n) is 12.9. The van der Waals surface area contributed by atoms with Crippen molar-refractivity contribution in [3.8, 4) is 5.75 Å². The van der Waals surface area contributed by atoms with Gasteiger partial charge in [-0.3, -0.25) is 4.79 Å². The van der Waals surface area contributed by atoms with E-state index < -0.39 is 11.7 Å². The molecule has 0 fully saturated rings. The Hall–Kier alpha value is -4.72. The van der Waals surface area contributed by atoms with Crippen molar-refractivity contribution in [1.29, 1.82) is 0 Å². The number of carbonyl (C=O) groups excluding carboxylic acids is 1. The lowest BCUT2D eigenvalue weighted by atomic mass is 10.1. The van der Waals surface area contributed by atoms with E-state index in [1.165, 1.54) is 23.1 Å². The lowest BCUT2D eigenvalue weighted by Gasteiger charge is -2.15. The first kappa shape index (κ1) is 26.9. The van der Waals surface area contributed by atoms with Crippen LogP contribution in [0.2, 0.25) is 0 Å². The maximum absolute atomic E-state index is 13.1. The number of hydrogen-bond donors (Lipinski definition) is 3. The van der Waals surface area contributed by atoms with Crippen LogP contribution >= 0.6 is 0 Å². The van der Waals surface area contributed by atoms with Gasteiger partial charge in [0.05, 0.1) is 11.1 Å². The summed E-state index contributed by atoms with van der Waals surface area (Å²) >= 11 is 0. The van der Waals surface area contributed by atoms with E-state index in [1.807, 2.05) is 55.6 Å². The molecule has 0 spiro atoms. The minimum absolute atomic E-state index is 0.0299. The van der Waals surface area contributed by atoms with Gasteiger partial charge in [0.1, 0.15) is 12.4 Å². The average molecular weight is 544 g/mol. The topological polar surface area (TPSA) is 66.2 Å². The molecule has 0 unspecified atom stereocenters. The van der Waals surface area contributed by atoms with Crippen LogP contribution in [0.3, 0.4) is 0 Å². The van der Waals surface area contributed by atoms with Gasteiger partial charge in [-0.15, -0.1) is 0 Å². The number of benzene rings is 4. The summed E-state index contributed by atoms with van der Waals surface area (Å²) in [6.45, 7) is 2.61. The molecular formula is C32H28F3N3O2. The molecule has 8 heteroatoms. The predicted octanol–water partition coefficient (Wildman–Crippen LogP) is 7.98. The minimum Gasteiger partial charge on any atom is -0.488 e. The van der Waals surface area contributed by atoms with Gasteiger partial charge in [-0.1, -0.05) is 42.5 Å². The Kier molecular flexibility index (Phi) is 7.77. The Morgan fingerprint density at radius 2 is 1.60 bits per heavy atom. The molecule has 0 saturated carbocycles. The molecule has 3 N–H and O–H groups in total. The van der Waals surface area contributed by atoms with Crippen LogP contribution in [0.25, 0.3) is 10.9 Å². The third kappa shape index (κ3) is 6.29. The van der Waals surface area contributed by atoms with Crippen molar-refractivity contribution in [3.63, 3.8) is 0 Å². The van der Waals surface area contributed by atoms with Gasteiger partial charge in [0, 0.05) is 35.0 Å². The van der Waals surface area contributed by atoms with Gasteiger partial charge in [0.25, 0.3) is 5.91 Å². The fourth-order valence-electron chi connectivity index (χ4n) is 4.52. The highest BCUT2D eigenvalue weighted by atomic mass is 19.4. The van der Waals surface area contributed by atoms with Crippen molar-refractivity contribution in [3.05, 3.63) is 125 Å². The second-order valence-electron chi connectivity index (χ2n) is 9.50. The molecule has 204 valence electrons. The number of para-hydroxylation sites is 2. The van der Waals surface area contributed by atoms with Crippen molar-refractivity contribution in [2.45, 2.75) is 26.1 Å². The lowest BCUT2D eigenvalue weighted by molar-refractivity contribution is -0.137. The van der Waals surface area contributed by atoms with E-state index in [0.717, 1.165) is 41.9 Å². The molecule has 40 heavy (non-hydrogen) atoms. The molecule has 4 aromatic carbocycles. The van der Waals surface area contributed by atoms with Gasteiger partial charge in [-0.05, 0) is 78.6 Å². The normalized spacial score (nSPS) is 11.4.